The first-order valence-corrected chi connectivity index (χ1v) is 7.90. The number of carbonyl (C=O) groups is 1. The Morgan fingerprint density at radius 3 is 2.95 bits per heavy atom. The van der Waals surface area contributed by atoms with Crippen LogP contribution in [-0.2, 0) is 4.79 Å². The van der Waals surface area contributed by atoms with Crippen molar-refractivity contribution in [3.8, 4) is 0 Å². The third kappa shape index (κ3) is 3.04. The van der Waals surface area contributed by atoms with Gasteiger partial charge in [-0.25, -0.2) is 0 Å². The van der Waals surface area contributed by atoms with E-state index in [0.29, 0.717) is 6.04 Å². The molecule has 0 bridgehead atoms. The molecule has 2 aliphatic rings. The first kappa shape index (κ1) is 12.8. The lowest BCUT2D eigenvalue weighted by molar-refractivity contribution is -0.131. The topological polar surface area (TPSA) is 44.4 Å². The number of para-hydroxylation sites is 1. The predicted octanol–water partition coefficient (Wildman–Crippen LogP) is 1.36. The van der Waals surface area contributed by atoms with Gasteiger partial charge in [0, 0.05) is 30.6 Å². The van der Waals surface area contributed by atoms with Gasteiger partial charge in [-0.15, -0.1) is 11.8 Å². The third-order valence-electron chi connectivity index (χ3n) is 3.64. The molecule has 0 unspecified atom stereocenters. The fourth-order valence-corrected chi connectivity index (χ4v) is 3.57. The number of carbonyl (C=O) groups excluding carboxylic acids is 1. The molecule has 2 atom stereocenters. The van der Waals surface area contributed by atoms with Crippen molar-refractivity contribution < 1.29 is 4.79 Å². The Morgan fingerprint density at radius 1 is 1.37 bits per heavy atom. The highest BCUT2D eigenvalue weighted by atomic mass is 32.2. The highest BCUT2D eigenvalue weighted by Crippen LogP contribution is 2.19. The molecule has 0 aromatic heterocycles. The standard InChI is InChI=1S/C14H19N3OS/c18-14(17-6-7-19-10-17)13-8-12(9-15-13)16-11-4-2-1-3-5-11/h1-5,12-13,15-16H,6-10H2/t12-,13-/m0/s1. The van der Waals surface area contributed by atoms with E-state index in [9.17, 15) is 4.79 Å². The summed E-state index contributed by atoms with van der Waals surface area (Å²) < 4.78 is 0. The zero-order chi connectivity index (χ0) is 13.1. The van der Waals surface area contributed by atoms with Crippen molar-refractivity contribution in [2.24, 2.45) is 0 Å². The van der Waals surface area contributed by atoms with Gasteiger partial charge < -0.3 is 15.5 Å². The second kappa shape index (κ2) is 5.84. The van der Waals surface area contributed by atoms with Gasteiger partial charge in [0.05, 0.1) is 11.9 Å². The van der Waals surface area contributed by atoms with Crippen molar-refractivity contribution in [2.75, 3.05) is 30.0 Å². The molecule has 2 heterocycles. The second-order valence-corrected chi connectivity index (χ2v) is 6.12. The van der Waals surface area contributed by atoms with Crippen molar-refractivity contribution >= 4 is 23.4 Å². The van der Waals surface area contributed by atoms with Crippen LogP contribution in [0, 0.1) is 0 Å². The molecule has 1 aromatic carbocycles. The first-order chi connectivity index (χ1) is 9.33. The van der Waals surface area contributed by atoms with Gasteiger partial charge in [-0.1, -0.05) is 18.2 Å². The largest absolute Gasteiger partial charge is 0.381 e. The summed E-state index contributed by atoms with van der Waals surface area (Å²) in [6, 6.07) is 10.5. The van der Waals surface area contributed by atoms with Gasteiger partial charge in [0.25, 0.3) is 0 Å². The number of hydrogen-bond acceptors (Lipinski definition) is 4. The molecule has 102 valence electrons. The van der Waals surface area contributed by atoms with E-state index in [-0.39, 0.29) is 11.9 Å². The number of benzene rings is 1. The van der Waals surface area contributed by atoms with E-state index in [1.54, 1.807) is 0 Å². The molecule has 2 N–H and O–H groups in total. The molecule has 5 heteroatoms. The second-order valence-electron chi connectivity index (χ2n) is 5.04. The Hall–Kier alpha value is -1.20. The van der Waals surface area contributed by atoms with Gasteiger partial charge >= 0.3 is 0 Å². The molecule has 0 radical (unpaired) electrons. The van der Waals surface area contributed by atoms with Crippen molar-refractivity contribution in [3.05, 3.63) is 30.3 Å². The molecule has 0 aliphatic carbocycles. The number of anilines is 1. The molecule has 2 fully saturated rings. The molecule has 19 heavy (non-hydrogen) atoms. The first-order valence-electron chi connectivity index (χ1n) is 6.74. The summed E-state index contributed by atoms with van der Waals surface area (Å²) in [5.41, 5.74) is 1.12. The van der Waals surface area contributed by atoms with E-state index in [4.69, 9.17) is 0 Å². The average molecular weight is 277 g/mol. The number of hydrogen-bond donors (Lipinski definition) is 2. The summed E-state index contributed by atoms with van der Waals surface area (Å²) in [5, 5.41) is 6.82. The Kier molecular flexibility index (Phi) is 3.94. The lowest BCUT2D eigenvalue weighted by Crippen LogP contribution is -2.42. The zero-order valence-corrected chi connectivity index (χ0v) is 11.7. The third-order valence-corrected chi connectivity index (χ3v) is 4.60. The lowest BCUT2D eigenvalue weighted by Gasteiger charge is -2.19. The maximum absolute atomic E-state index is 12.3. The van der Waals surface area contributed by atoms with Crippen molar-refractivity contribution in [1.82, 2.24) is 10.2 Å². The smallest absolute Gasteiger partial charge is 0.240 e. The number of nitrogens with one attached hydrogen (secondary N) is 2. The van der Waals surface area contributed by atoms with Crippen LogP contribution in [-0.4, -0.2) is 47.6 Å². The van der Waals surface area contributed by atoms with E-state index in [1.807, 2.05) is 34.9 Å². The molecule has 4 nitrogen and oxygen atoms in total. The highest BCUT2D eigenvalue weighted by molar-refractivity contribution is 7.99. The quantitative estimate of drug-likeness (QED) is 0.876. The molecule has 0 saturated carbocycles. The minimum atomic E-state index is -0.0140. The van der Waals surface area contributed by atoms with Gasteiger partial charge in [-0.3, -0.25) is 4.79 Å². The SMILES string of the molecule is O=C([C@@H]1C[C@H](Nc2ccccc2)CN1)N1CCSC1. The predicted molar refractivity (Wildman–Crippen MR) is 79.3 cm³/mol. The molecular weight excluding hydrogens is 258 g/mol. The highest BCUT2D eigenvalue weighted by Gasteiger charge is 2.33. The fourth-order valence-electron chi connectivity index (χ4n) is 2.61. The van der Waals surface area contributed by atoms with Crippen LogP contribution in [0.2, 0.25) is 0 Å². The van der Waals surface area contributed by atoms with E-state index >= 15 is 0 Å². The van der Waals surface area contributed by atoms with Gasteiger partial charge in [-0.05, 0) is 18.6 Å². The number of nitrogens with zero attached hydrogens (tertiary/aromatic N) is 1. The van der Waals surface area contributed by atoms with Crippen LogP contribution >= 0.6 is 11.8 Å². The van der Waals surface area contributed by atoms with Crippen molar-refractivity contribution in [1.29, 1.82) is 0 Å². The minimum Gasteiger partial charge on any atom is -0.381 e. The van der Waals surface area contributed by atoms with E-state index in [2.05, 4.69) is 22.8 Å². The van der Waals surface area contributed by atoms with Crippen LogP contribution in [0.25, 0.3) is 0 Å². The fraction of sp³-hybridized carbons (Fsp3) is 0.500. The molecule has 1 aromatic rings. The Bertz CT molecular complexity index is 434. The van der Waals surface area contributed by atoms with E-state index in [1.165, 1.54) is 0 Å². The van der Waals surface area contributed by atoms with Crippen LogP contribution < -0.4 is 10.6 Å². The number of amides is 1. The summed E-state index contributed by atoms with van der Waals surface area (Å²) in [4.78, 5) is 14.2. The number of rotatable bonds is 3. The van der Waals surface area contributed by atoms with Gasteiger partial charge in [-0.2, -0.15) is 0 Å². The summed E-state index contributed by atoms with van der Waals surface area (Å²) in [5.74, 6) is 2.19. The van der Waals surface area contributed by atoms with Crippen LogP contribution in [0.5, 0.6) is 0 Å². The summed E-state index contributed by atoms with van der Waals surface area (Å²) >= 11 is 1.83. The molecule has 1 amide bonds. The molecule has 0 spiro atoms. The summed E-state index contributed by atoms with van der Waals surface area (Å²) in [6.07, 6.45) is 0.870. The van der Waals surface area contributed by atoms with Crippen LogP contribution in [0.3, 0.4) is 0 Å². The summed E-state index contributed by atoms with van der Waals surface area (Å²) in [6.45, 7) is 1.75. The Balaban J connectivity index is 1.53. The minimum absolute atomic E-state index is 0.0140. The van der Waals surface area contributed by atoms with Gasteiger partial charge in [0.15, 0.2) is 0 Å². The average Bonchev–Trinajstić information content (AvgIpc) is 3.10. The van der Waals surface area contributed by atoms with Crippen molar-refractivity contribution in [3.63, 3.8) is 0 Å². The summed E-state index contributed by atoms with van der Waals surface area (Å²) in [7, 11) is 0. The van der Waals surface area contributed by atoms with Crippen LogP contribution in [0.15, 0.2) is 30.3 Å². The van der Waals surface area contributed by atoms with E-state index in [0.717, 1.165) is 36.8 Å². The monoisotopic (exact) mass is 277 g/mol. The maximum Gasteiger partial charge on any atom is 0.240 e. The maximum atomic E-state index is 12.3. The molecule has 3 rings (SSSR count). The molecular formula is C14H19N3OS. The molecule has 2 aliphatic heterocycles. The van der Waals surface area contributed by atoms with Crippen molar-refractivity contribution in [2.45, 2.75) is 18.5 Å². The Morgan fingerprint density at radius 2 is 2.21 bits per heavy atom. The lowest BCUT2D eigenvalue weighted by atomic mass is 10.1. The zero-order valence-electron chi connectivity index (χ0n) is 10.8. The van der Waals surface area contributed by atoms with Gasteiger partial charge in [0.2, 0.25) is 5.91 Å². The van der Waals surface area contributed by atoms with Crippen LogP contribution in [0.4, 0.5) is 5.69 Å². The van der Waals surface area contributed by atoms with Gasteiger partial charge in [0.1, 0.15) is 0 Å². The normalized spacial score (nSPS) is 26.6. The number of thioether (sulfide) groups is 1. The Labute approximate surface area is 117 Å². The van der Waals surface area contributed by atoms with E-state index < -0.39 is 0 Å². The van der Waals surface area contributed by atoms with Crippen LogP contribution in [0.1, 0.15) is 6.42 Å². The molecule has 2 saturated heterocycles.